The van der Waals surface area contributed by atoms with E-state index in [1.807, 2.05) is 42.2 Å². The predicted octanol–water partition coefficient (Wildman–Crippen LogP) is 1.91. The van der Waals surface area contributed by atoms with E-state index in [4.69, 9.17) is 0 Å². The zero-order valence-electron chi connectivity index (χ0n) is 13.7. The zero-order valence-corrected chi connectivity index (χ0v) is 13.7. The zero-order chi connectivity index (χ0) is 16.7. The Morgan fingerprint density at radius 1 is 1.25 bits per heavy atom. The van der Waals surface area contributed by atoms with Crippen molar-refractivity contribution in [1.82, 2.24) is 29.9 Å². The van der Waals surface area contributed by atoms with Crippen LogP contribution in [-0.4, -0.2) is 42.8 Å². The van der Waals surface area contributed by atoms with Crippen molar-refractivity contribution in [2.75, 3.05) is 7.05 Å². The van der Waals surface area contributed by atoms with Gasteiger partial charge in [0.05, 0.1) is 17.8 Å². The van der Waals surface area contributed by atoms with E-state index in [1.54, 1.807) is 11.9 Å². The Hall–Kier alpha value is -2.83. The van der Waals surface area contributed by atoms with Gasteiger partial charge in [0.15, 0.2) is 0 Å². The van der Waals surface area contributed by atoms with Crippen molar-refractivity contribution in [3.05, 3.63) is 47.5 Å². The maximum absolute atomic E-state index is 12.8. The highest BCUT2D eigenvalue weighted by atomic mass is 16.2. The third-order valence-corrected chi connectivity index (χ3v) is 4.68. The molecule has 0 saturated carbocycles. The molecule has 0 saturated heterocycles. The predicted molar refractivity (Wildman–Crippen MR) is 88.3 cm³/mol. The van der Waals surface area contributed by atoms with Gasteiger partial charge in [-0.1, -0.05) is 12.1 Å². The van der Waals surface area contributed by atoms with Crippen molar-refractivity contribution in [2.45, 2.75) is 25.3 Å². The van der Waals surface area contributed by atoms with Gasteiger partial charge in [0.1, 0.15) is 5.52 Å². The maximum Gasteiger partial charge on any atom is 0.293 e. The third kappa shape index (κ3) is 2.33. The monoisotopic (exact) mass is 322 g/mol. The van der Waals surface area contributed by atoms with Crippen LogP contribution in [0.1, 0.15) is 40.8 Å². The number of aromatic nitrogens is 5. The molecule has 0 N–H and O–H groups in total. The van der Waals surface area contributed by atoms with Gasteiger partial charge in [0.2, 0.25) is 5.82 Å². The minimum absolute atomic E-state index is 0.00465. The Labute approximate surface area is 139 Å². The van der Waals surface area contributed by atoms with Crippen LogP contribution in [-0.2, 0) is 13.5 Å². The number of fused-ring (bicyclic) bond motifs is 2. The van der Waals surface area contributed by atoms with Gasteiger partial charge in [-0.3, -0.25) is 9.48 Å². The summed E-state index contributed by atoms with van der Waals surface area (Å²) in [5.74, 6) is -0.0813. The fourth-order valence-electron chi connectivity index (χ4n) is 3.36. The summed E-state index contributed by atoms with van der Waals surface area (Å²) < 4.78 is 1.90. The lowest BCUT2D eigenvalue weighted by Gasteiger charge is -2.30. The lowest BCUT2D eigenvalue weighted by Crippen LogP contribution is -2.34. The summed E-state index contributed by atoms with van der Waals surface area (Å²) in [6.45, 7) is 0. The van der Waals surface area contributed by atoms with E-state index in [-0.39, 0.29) is 17.8 Å². The first-order valence-corrected chi connectivity index (χ1v) is 8.02. The van der Waals surface area contributed by atoms with Gasteiger partial charge in [0, 0.05) is 25.4 Å². The largest absolute Gasteiger partial charge is 0.332 e. The molecule has 24 heavy (non-hydrogen) atoms. The van der Waals surface area contributed by atoms with Gasteiger partial charge in [0.25, 0.3) is 5.91 Å². The number of carbonyl (C=O) groups is 1. The second-order valence-electron chi connectivity index (χ2n) is 6.12. The molecule has 1 aliphatic rings. The molecule has 0 radical (unpaired) electrons. The van der Waals surface area contributed by atoms with E-state index in [0.717, 1.165) is 24.8 Å². The molecule has 0 spiro atoms. The molecule has 4 rings (SSSR count). The van der Waals surface area contributed by atoms with Crippen LogP contribution in [0.5, 0.6) is 0 Å². The van der Waals surface area contributed by atoms with Gasteiger partial charge < -0.3 is 4.90 Å². The lowest BCUT2D eigenvalue weighted by molar-refractivity contribution is 0.0701. The first-order valence-electron chi connectivity index (χ1n) is 8.02. The number of nitrogens with zero attached hydrogens (tertiary/aromatic N) is 6. The first-order chi connectivity index (χ1) is 11.6. The van der Waals surface area contributed by atoms with Gasteiger partial charge in [-0.25, -0.2) is 4.98 Å². The minimum atomic E-state index is -0.213. The molecule has 122 valence electrons. The fourth-order valence-corrected chi connectivity index (χ4v) is 3.36. The average Bonchev–Trinajstić information content (AvgIpc) is 3.01. The van der Waals surface area contributed by atoms with Gasteiger partial charge in [-0.2, -0.15) is 5.10 Å². The highest BCUT2D eigenvalue weighted by molar-refractivity contribution is 5.92. The average molecular weight is 322 g/mol. The normalized spacial score (nSPS) is 16.8. The highest BCUT2D eigenvalue weighted by Gasteiger charge is 2.30. The van der Waals surface area contributed by atoms with Gasteiger partial charge in [-0.15, -0.1) is 10.2 Å². The molecule has 1 aliphatic carbocycles. The summed E-state index contributed by atoms with van der Waals surface area (Å²) in [6, 6.07) is 7.41. The van der Waals surface area contributed by atoms with Crippen LogP contribution in [0.3, 0.4) is 0 Å². The fraction of sp³-hybridized carbons (Fsp3) is 0.353. The molecule has 0 bridgehead atoms. The van der Waals surface area contributed by atoms with E-state index < -0.39 is 0 Å². The Bertz CT molecular complexity index is 918. The molecule has 0 fully saturated rings. The van der Waals surface area contributed by atoms with Crippen molar-refractivity contribution < 1.29 is 4.79 Å². The number of rotatable bonds is 2. The van der Waals surface area contributed by atoms with E-state index in [9.17, 15) is 4.79 Å². The molecule has 7 heteroatoms. The number of benzene rings is 1. The Balaban J connectivity index is 1.66. The van der Waals surface area contributed by atoms with Gasteiger partial charge in [-0.05, 0) is 31.4 Å². The third-order valence-electron chi connectivity index (χ3n) is 4.68. The van der Waals surface area contributed by atoms with Crippen LogP contribution in [0.4, 0.5) is 0 Å². The molecule has 2 heterocycles. The lowest BCUT2D eigenvalue weighted by atomic mass is 9.92. The Morgan fingerprint density at radius 3 is 2.88 bits per heavy atom. The number of carbonyl (C=O) groups excluding carboxylic acids is 1. The molecular formula is C17H18N6O. The molecule has 1 unspecified atom stereocenters. The number of aryl methyl sites for hydroxylation is 1. The van der Waals surface area contributed by atoms with E-state index in [1.165, 1.54) is 5.69 Å². The summed E-state index contributed by atoms with van der Waals surface area (Å²) in [5.41, 5.74) is 3.68. The summed E-state index contributed by atoms with van der Waals surface area (Å²) in [5, 5.41) is 12.5. The van der Waals surface area contributed by atoms with Crippen molar-refractivity contribution >= 4 is 16.9 Å². The molecule has 7 nitrogen and oxygen atoms in total. The molecule has 0 aliphatic heterocycles. The SMILES string of the molecule is CN(C(=O)c1nnc2ccccc2n1)C1CCCc2c1cnn2C. The van der Waals surface area contributed by atoms with Crippen LogP contribution < -0.4 is 0 Å². The summed E-state index contributed by atoms with van der Waals surface area (Å²) in [6.07, 6.45) is 4.81. The molecule has 3 aromatic rings. The van der Waals surface area contributed by atoms with Crippen molar-refractivity contribution in [2.24, 2.45) is 7.05 Å². The van der Waals surface area contributed by atoms with Crippen molar-refractivity contribution in [1.29, 1.82) is 0 Å². The van der Waals surface area contributed by atoms with Crippen LogP contribution in [0, 0.1) is 0 Å². The minimum Gasteiger partial charge on any atom is -0.332 e. The first kappa shape index (κ1) is 14.7. The maximum atomic E-state index is 12.8. The smallest absolute Gasteiger partial charge is 0.293 e. The number of amides is 1. The molecule has 1 amide bonds. The Kier molecular flexibility index (Phi) is 3.48. The second kappa shape index (κ2) is 5.67. The molecule has 2 aromatic heterocycles. The standard InChI is InChI=1S/C17H18N6O/c1-22(14-8-5-9-15-11(14)10-18-23(15)2)17(24)16-19-12-6-3-4-7-13(12)20-21-16/h3-4,6-7,10,14H,5,8-9H2,1-2H3. The van der Waals surface area contributed by atoms with Crippen LogP contribution in [0.2, 0.25) is 0 Å². The van der Waals surface area contributed by atoms with Crippen LogP contribution in [0.25, 0.3) is 11.0 Å². The van der Waals surface area contributed by atoms with Crippen molar-refractivity contribution in [3.63, 3.8) is 0 Å². The molecule has 1 aromatic carbocycles. The van der Waals surface area contributed by atoms with E-state index in [2.05, 4.69) is 20.3 Å². The molecular weight excluding hydrogens is 304 g/mol. The Morgan fingerprint density at radius 2 is 2.04 bits per heavy atom. The number of hydrogen-bond acceptors (Lipinski definition) is 5. The topological polar surface area (TPSA) is 76.8 Å². The van der Waals surface area contributed by atoms with Gasteiger partial charge >= 0.3 is 0 Å². The van der Waals surface area contributed by atoms with E-state index in [0.29, 0.717) is 11.0 Å². The number of hydrogen-bond donors (Lipinski definition) is 0. The van der Waals surface area contributed by atoms with Crippen LogP contribution in [0.15, 0.2) is 30.5 Å². The quantitative estimate of drug-likeness (QED) is 0.720. The second-order valence-corrected chi connectivity index (χ2v) is 6.12. The summed E-state index contributed by atoms with van der Waals surface area (Å²) >= 11 is 0. The van der Waals surface area contributed by atoms with E-state index >= 15 is 0 Å². The van der Waals surface area contributed by atoms with Crippen molar-refractivity contribution in [3.8, 4) is 0 Å². The highest BCUT2D eigenvalue weighted by Crippen LogP contribution is 2.33. The molecule has 1 atom stereocenters. The summed E-state index contributed by atoms with van der Waals surface area (Å²) in [4.78, 5) is 18.9. The summed E-state index contributed by atoms with van der Waals surface area (Å²) in [7, 11) is 3.74. The van der Waals surface area contributed by atoms with Crippen LogP contribution >= 0.6 is 0 Å². The number of para-hydroxylation sites is 1.